The second kappa shape index (κ2) is 10.7. The van der Waals surface area contributed by atoms with E-state index < -0.39 is 12.0 Å². The van der Waals surface area contributed by atoms with Gasteiger partial charge in [0.05, 0.1) is 0 Å². The molecule has 0 aliphatic rings. The largest absolute Gasteiger partial charge is 0.480 e. The van der Waals surface area contributed by atoms with Crippen LogP contribution in [0.2, 0.25) is 0 Å². The Bertz CT molecular complexity index is 114. The number of rotatable bonds is 5. The first-order valence-electron chi connectivity index (χ1n) is 3.80. The Morgan fingerprint density at radius 2 is 2.17 bits per heavy atom. The zero-order chi connectivity index (χ0) is 9.98. The highest BCUT2D eigenvalue weighted by Crippen LogP contribution is 2.00. The number of aliphatic carboxylic acids is 1. The maximum absolute atomic E-state index is 11.6. The van der Waals surface area contributed by atoms with Crippen molar-refractivity contribution in [1.29, 1.82) is 0 Å². The van der Waals surface area contributed by atoms with E-state index in [1.54, 1.807) is 0 Å². The number of carbonyl (C=O) groups is 1. The molecular weight excluding hydrogens is 181 g/mol. The predicted octanol–water partition coefficient (Wildman–Crippen LogP) is 1.69. The highest BCUT2D eigenvalue weighted by molar-refractivity contribution is 7.98. The van der Waals surface area contributed by atoms with Crippen molar-refractivity contribution in [3.63, 3.8) is 0 Å². The zero-order valence-electron chi connectivity index (χ0n) is 7.63. The molecule has 0 fully saturated rings. The Kier molecular flexibility index (Phi) is 12.7. The number of hydrogen-bond donors (Lipinski definition) is 2. The van der Waals surface area contributed by atoms with Crippen LogP contribution in [0.15, 0.2) is 0 Å². The Balaban J connectivity index is 0. The van der Waals surface area contributed by atoms with Crippen molar-refractivity contribution in [3.8, 4) is 0 Å². The Labute approximate surface area is 76.7 Å². The lowest BCUT2D eigenvalue weighted by atomic mass is 10.2. The van der Waals surface area contributed by atoms with Gasteiger partial charge in [-0.25, -0.2) is 0 Å². The van der Waals surface area contributed by atoms with Crippen molar-refractivity contribution in [2.75, 3.05) is 12.0 Å². The van der Waals surface area contributed by atoms with Gasteiger partial charge in [0.1, 0.15) is 6.04 Å². The van der Waals surface area contributed by atoms with Gasteiger partial charge in [-0.2, -0.15) is 11.8 Å². The molecule has 0 amide bonds. The molecule has 0 aliphatic carbocycles. The van der Waals surface area contributed by atoms with Gasteiger partial charge in [0.2, 0.25) is 0 Å². The summed E-state index contributed by atoms with van der Waals surface area (Å²) in [4.78, 5) is 10.1. The third kappa shape index (κ3) is 7.81. The van der Waals surface area contributed by atoms with E-state index in [1.807, 2.05) is 20.1 Å². The van der Waals surface area contributed by atoms with Crippen molar-refractivity contribution in [2.24, 2.45) is 0 Å². The molecule has 1 unspecified atom stereocenters. The summed E-state index contributed by atoms with van der Waals surface area (Å²) in [6.07, 6.45) is 2.16. The number of halogens is 1. The van der Waals surface area contributed by atoms with Gasteiger partial charge < -0.3 is 5.11 Å². The fraction of sp³-hybridized carbons (Fsp3) is 0.857. The van der Waals surface area contributed by atoms with E-state index in [9.17, 15) is 9.28 Å². The van der Waals surface area contributed by atoms with Crippen LogP contribution in [0.4, 0.5) is 4.48 Å². The average molecular weight is 197 g/mol. The summed E-state index contributed by atoms with van der Waals surface area (Å²) in [5.41, 5.74) is 1.22. The quantitative estimate of drug-likeness (QED) is 0.658. The predicted molar refractivity (Wildman–Crippen MR) is 50.0 cm³/mol. The van der Waals surface area contributed by atoms with Gasteiger partial charge in [-0.15, -0.1) is 10.0 Å². The lowest BCUT2D eigenvalue weighted by Gasteiger charge is -2.05. The highest BCUT2D eigenvalue weighted by atomic mass is 32.2. The van der Waals surface area contributed by atoms with E-state index in [-0.39, 0.29) is 0 Å². The SMILES string of the molecule is CC.CSCCC(NF)C(=O)O. The van der Waals surface area contributed by atoms with E-state index in [0.29, 0.717) is 12.2 Å². The smallest absolute Gasteiger partial charge is 0.323 e. The fourth-order valence-electron chi connectivity index (χ4n) is 0.460. The number of carboxylic acids is 1. The first kappa shape index (κ1) is 14.2. The normalized spacial score (nSPS) is 11.3. The lowest BCUT2D eigenvalue weighted by molar-refractivity contribution is -0.140. The van der Waals surface area contributed by atoms with Crippen LogP contribution in [0.25, 0.3) is 0 Å². The molecule has 0 aromatic heterocycles. The van der Waals surface area contributed by atoms with E-state index in [0.717, 1.165) is 0 Å². The molecule has 5 heteroatoms. The fourth-order valence-corrected chi connectivity index (χ4v) is 0.932. The molecular formula is C7H16FNO2S. The van der Waals surface area contributed by atoms with Crippen molar-refractivity contribution in [1.82, 2.24) is 5.54 Å². The monoisotopic (exact) mass is 197 g/mol. The Morgan fingerprint density at radius 1 is 1.67 bits per heavy atom. The zero-order valence-corrected chi connectivity index (χ0v) is 8.45. The topological polar surface area (TPSA) is 49.3 Å². The second-order valence-corrected chi connectivity index (χ2v) is 2.77. The van der Waals surface area contributed by atoms with E-state index in [4.69, 9.17) is 5.11 Å². The minimum Gasteiger partial charge on any atom is -0.480 e. The second-order valence-electron chi connectivity index (χ2n) is 1.78. The minimum absolute atomic E-state index is 0.312. The van der Waals surface area contributed by atoms with Crippen LogP contribution in [0.5, 0.6) is 0 Å². The molecule has 0 aromatic carbocycles. The van der Waals surface area contributed by atoms with Gasteiger partial charge in [-0.3, -0.25) is 4.79 Å². The van der Waals surface area contributed by atoms with Crippen LogP contribution in [0.1, 0.15) is 20.3 Å². The summed E-state index contributed by atoms with van der Waals surface area (Å²) < 4.78 is 11.6. The molecule has 0 saturated carbocycles. The average Bonchev–Trinajstić information content (AvgIpc) is 2.09. The first-order valence-corrected chi connectivity index (χ1v) is 5.19. The van der Waals surface area contributed by atoms with E-state index >= 15 is 0 Å². The molecule has 2 N–H and O–H groups in total. The third-order valence-corrected chi connectivity index (χ3v) is 1.68. The summed E-state index contributed by atoms with van der Waals surface area (Å²) in [5, 5.41) is 8.29. The number of carboxylic acid groups (broad SMARTS) is 1. The van der Waals surface area contributed by atoms with Crippen LogP contribution in [-0.2, 0) is 4.79 Å². The summed E-state index contributed by atoms with van der Waals surface area (Å²) in [6, 6.07) is -1.05. The van der Waals surface area contributed by atoms with Crippen LogP contribution >= 0.6 is 11.8 Å². The molecule has 74 valence electrons. The number of hydrogen-bond acceptors (Lipinski definition) is 3. The van der Waals surface area contributed by atoms with Crippen LogP contribution in [0, 0.1) is 0 Å². The molecule has 0 radical (unpaired) electrons. The van der Waals surface area contributed by atoms with Gasteiger partial charge in [0.25, 0.3) is 0 Å². The maximum atomic E-state index is 11.6. The van der Waals surface area contributed by atoms with Crippen molar-refractivity contribution < 1.29 is 14.4 Å². The van der Waals surface area contributed by atoms with Gasteiger partial charge in [0, 0.05) is 0 Å². The van der Waals surface area contributed by atoms with Crippen LogP contribution < -0.4 is 5.54 Å². The number of thioether (sulfide) groups is 1. The molecule has 0 spiro atoms. The van der Waals surface area contributed by atoms with Gasteiger partial charge in [0.15, 0.2) is 0 Å². The van der Waals surface area contributed by atoms with Gasteiger partial charge in [-0.1, -0.05) is 13.8 Å². The maximum Gasteiger partial charge on any atom is 0.323 e. The molecule has 0 heterocycles. The molecule has 12 heavy (non-hydrogen) atoms. The summed E-state index contributed by atoms with van der Waals surface area (Å²) in [7, 11) is 0. The number of nitrogens with one attached hydrogen (secondary N) is 1. The van der Waals surface area contributed by atoms with Crippen LogP contribution in [0.3, 0.4) is 0 Å². The Morgan fingerprint density at radius 3 is 2.42 bits per heavy atom. The van der Waals surface area contributed by atoms with Crippen molar-refractivity contribution in [2.45, 2.75) is 26.3 Å². The minimum atomic E-state index is -1.14. The molecule has 3 nitrogen and oxygen atoms in total. The molecule has 1 atom stereocenters. The van der Waals surface area contributed by atoms with Crippen molar-refractivity contribution >= 4 is 17.7 Å². The van der Waals surface area contributed by atoms with E-state index in [1.165, 1.54) is 17.3 Å². The summed E-state index contributed by atoms with van der Waals surface area (Å²) >= 11 is 1.49. The highest BCUT2D eigenvalue weighted by Gasteiger charge is 2.15. The standard InChI is InChI=1S/C5H10FNO2S.C2H6/c1-10-3-2-4(7-6)5(8)9;1-2/h4,7H,2-3H2,1H3,(H,8,9);1-2H3. The molecule has 0 bridgehead atoms. The van der Waals surface area contributed by atoms with E-state index in [2.05, 4.69) is 0 Å². The third-order valence-electron chi connectivity index (χ3n) is 1.04. The summed E-state index contributed by atoms with van der Waals surface area (Å²) in [6.45, 7) is 4.00. The lowest BCUT2D eigenvalue weighted by Crippen LogP contribution is -2.31. The Hall–Kier alpha value is -0.290. The first-order chi connectivity index (χ1) is 5.72. The van der Waals surface area contributed by atoms with Gasteiger partial charge >= 0.3 is 5.97 Å². The van der Waals surface area contributed by atoms with Crippen LogP contribution in [-0.4, -0.2) is 29.1 Å². The van der Waals surface area contributed by atoms with Crippen molar-refractivity contribution in [3.05, 3.63) is 0 Å². The molecule has 0 aliphatic heterocycles. The molecule has 0 rings (SSSR count). The summed E-state index contributed by atoms with van der Waals surface area (Å²) in [5.74, 6) is -0.495. The molecule has 0 aromatic rings. The van der Waals surface area contributed by atoms with Gasteiger partial charge in [-0.05, 0) is 18.4 Å². The molecule has 0 saturated heterocycles.